The van der Waals surface area contributed by atoms with Crippen molar-refractivity contribution in [3.63, 3.8) is 0 Å². The van der Waals surface area contributed by atoms with Crippen LogP contribution in [-0.2, 0) is 14.3 Å². The van der Waals surface area contributed by atoms with Crippen molar-refractivity contribution >= 4 is 35.4 Å². The van der Waals surface area contributed by atoms with Gasteiger partial charge in [-0.05, 0) is 35.6 Å². The molecule has 0 radical (unpaired) electrons. The Bertz CT molecular complexity index is 619. The van der Waals surface area contributed by atoms with Crippen molar-refractivity contribution in [2.75, 3.05) is 37.8 Å². The van der Waals surface area contributed by atoms with E-state index in [9.17, 15) is 9.59 Å². The van der Waals surface area contributed by atoms with Crippen LogP contribution < -0.4 is 4.74 Å². The molecule has 2 heterocycles. The molecule has 6 nitrogen and oxygen atoms in total. The number of carboxylic acids is 1. The summed E-state index contributed by atoms with van der Waals surface area (Å²) in [4.78, 5) is 24.7. The number of amides is 1. The fourth-order valence-electron chi connectivity index (χ4n) is 2.90. The molecule has 2 saturated heterocycles. The Balaban J connectivity index is 1.47. The number of carboxylic acid groups (broad SMARTS) is 1. The molecule has 142 valence electrons. The van der Waals surface area contributed by atoms with Crippen LogP contribution in [0.25, 0.3) is 0 Å². The molecule has 2 aliphatic rings. The van der Waals surface area contributed by atoms with Crippen LogP contribution >= 0.6 is 23.5 Å². The van der Waals surface area contributed by atoms with Crippen molar-refractivity contribution in [1.29, 1.82) is 0 Å². The number of morpholine rings is 1. The molecule has 0 aliphatic carbocycles. The van der Waals surface area contributed by atoms with Crippen molar-refractivity contribution in [3.8, 4) is 5.75 Å². The highest BCUT2D eigenvalue weighted by molar-refractivity contribution is 8.16. The molecule has 1 N–H and O–H groups in total. The van der Waals surface area contributed by atoms with Gasteiger partial charge in [-0.25, -0.2) is 0 Å². The predicted octanol–water partition coefficient (Wildman–Crippen LogP) is 2.64. The fraction of sp³-hybridized carbons (Fsp3) is 0.556. The molecule has 1 unspecified atom stereocenters. The summed E-state index contributed by atoms with van der Waals surface area (Å²) in [7, 11) is 0. The van der Waals surface area contributed by atoms with Crippen LogP contribution in [0, 0.1) is 0 Å². The normalized spacial score (nSPS) is 21.4. The number of thioether (sulfide) groups is 2. The van der Waals surface area contributed by atoms with Gasteiger partial charge in [0.25, 0.3) is 5.91 Å². The standard InChI is InChI=1S/C18H23NO5S2/c20-16(19-6-7-23-15(11-19)10-17(21)22)12-24-14-4-2-13(3-5-14)18-25-8-1-9-26-18/h2-5,15,18H,1,6-12H2,(H,21,22). The lowest BCUT2D eigenvalue weighted by atomic mass is 10.2. The Morgan fingerprint density at radius 2 is 1.96 bits per heavy atom. The molecule has 2 fully saturated rings. The summed E-state index contributed by atoms with van der Waals surface area (Å²) in [6, 6.07) is 7.94. The largest absolute Gasteiger partial charge is 0.484 e. The molecule has 1 aromatic rings. The second kappa shape index (κ2) is 9.53. The van der Waals surface area contributed by atoms with E-state index in [1.165, 1.54) is 23.5 Å². The number of carbonyl (C=O) groups is 2. The third kappa shape index (κ3) is 5.56. The maximum absolute atomic E-state index is 12.3. The number of carbonyl (C=O) groups excluding carboxylic acids is 1. The molecule has 0 spiro atoms. The van der Waals surface area contributed by atoms with Crippen molar-refractivity contribution in [2.45, 2.75) is 23.5 Å². The molecular weight excluding hydrogens is 374 g/mol. The highest BCUT2D eigenvalue weighted by Gasteiger charge is 2.26. The van der Waals surface area contributed by atoms with Crippen molar-refractivity contribution in [2.24, 2.45) is 0 Å². The van der Waals surface area contributed by atoms with E-state index in [0.717, 1.165) is 0 Å². The second-order valence-electron chi connectivity index (χ2n) is 6.22. The smallest absolute Gasteiger partial charge is 0.306 e. The number of rotatable bonds is 6. The minimum atomic E-state index is -0.921. The third-order valence-electron chi connectivity index (χ3n) is 4.24. The molecule has 1 amide bonds. The van der Waals surface area contributed by atoms with Crippen LogP contribution in [0.15, 0.2) is 24.3 Å². The van der Waals surface area contributed by atoms with Crippen molar-refractivity contribution in [1.82, 2.24) is 4.90 Å². The predicted molar refractivity (Wildman–Crippen MR) is 103 cm³/mol. The van der Waals surface area contributed by atoms with Gasteiger partial charge >= 0.3 is 5.97 Å². The molecule has 8 heteroatoms. The first kappa shape index (κ1) is 19.4. The Hall–Kier alpha value is -1.38. The summed E-state index contributed by atoms with van der Waals surface area (Å²) in [6.45, 7) is 1.07. The topological polar surface area (TPSA) is 76.1 Å². The molecule has 1 atom stereocenters. The van der Waals surface area contributed by atoms with Gasteiger partial charge in [0, 0.05) is 13.1 Å². The molecule has 3 rings (SSSR count). The van der Waals surface area contributed by atoms with Crippen LogP contribution in [0.2, 0.25) is 0 Å². The summed E-state index contributed by atoms with van der Waals surface area (Å²) in [6.07, 6.45) is 0.725. The van der Waals surface area contributed by atoms with Crippen LogP contribution in [0.3, 0.4) is 0 Å². The first-order chi connectivity index (χ1) is 12.6. The van der Waals surface area contributed by atoms with E-state index in [1.807, 2.05) is 35.7 Å². The zero-order valence-corrected chi connectivity index (χ0v) is 16.1. The van der Waals surface area contributed by atoms with Crippen LogP contribution in [0.1, 0.15) is 23.0 Å². The van der Waals surface area contributed by atoms with Gasteiger partial charge in [-0.15, -0.1) is 23.5 Å². The van der Waals surface area contributed by atoms with Gasteiger partial charge in [0.05, 0.1) is 23.7 Å². The summed E-state index contributed by atoms with van der Waals surface area (Å²) in [5.41, 5.74) is 1.28. The van der Waals surface area contributed by atoms with Gasteiger partial charge in [-0.3, -0.25) is 9.59 Å². The molecule has 0 aromatic heterocycles. The van der Waals surface area contributed by atoms with E-state index in [2.05, 4.69) is 12.1 Å². The van der Waals surface area contributed by atoms with Crippen molar-refractivity contribution in [3.05, 3.63) is 29.8 Å². The van der Waals surface area contributed by atoms with Crippen LogP contribution in [0.4, 0.5) is 0 Å². The molecular formula is C18H23NO5S2. The lowest BCUT2D eigenvalue weighted by Crippen LogP contribution is -2.47. The zero-order valence-electron chi connectivity index (χ0n) is 14.5. The molecule has 0 saturated carbocycles. The van der Waals surface area contributed by atoms with Crippen LogP contribution in [0.5, 0.6) is 5.75 Å². The van der Waals surface area contributed by atoms with Gasteiger partial charge in [-0.2, -0.15) is 0 Å². The van der Waals surface area contributed by atoms with E-state index < -0.39 is 12.1 Å². The monoisotopic (exact) mass is 397 g/mol. The van der Waals surface area contributed by atoms with Gasteiger partial charge in [0.15, 0.2) is 6.61 Å². The Kier molecular flexibility index (Phi) is 7.10. The summed E-state index contributed by atoms with van der Waals surface area (Å²) in [5, 5.41) is 8.85. The Morgan fingerprint density at radius 3 is 2.65 bits per heavy atom. The highest BCUT2D eigenvalue weighted by atomic mass is 32.2. The summed E-state index contributed by atoms with van der Waals surface area (Å²) in [5.74, 6) is 2.00. The average Bonchev–Trinajstić information content (AvgIpc) is 2.67. The SMILES string of the molecule is O=C(O)CC1CN(C(=O)COc2ccc(C3SCCCS3)cc2)CCO1. The lowest BCUT2D eigenvalue weighted by molar-refractivity contribution is -0.148. The molecule has 26 heavy (non-hydrogen) atoms. The number of nitrogens with zero attached hydrogens (tertiary/aromatic N) is 1. The van der Waals surface area contributed by atoms with E-state index in [0.29, 0.717) is 30.0 Å². The first-order valence-corrected chi connectivity index (χ1v) is 10.8. The number of hydrogen-bond acceptors (Lipinski definition) is 6. The number of aliphatic carboxylic acids is 1. The summed E-state index contributed by atoms with van der Waals surface area (Å²) >= 11 is 3.94. The molecule has 2 aliphatic heterocycles. The molecule has 1 aromatic carbocycles. The fourth-order valence-corrected chi connectivity index (χ4v) is 5.80. The van der Waals surface area contributed by atoms with Crippen LogP contribution in [-0.4, -0.2) is 65.8 Å². The lowest BCUT2D eigenvalue weighted by Gasteiger charge is -2.32. The third-order valence-corrected chi connectivity index (χ3v) is 7.25. The minimum absolute atomic E-state index is 0.0495. The van der Waals surface area contributed by atoms with Gasteiger partial charge in [0.2, 0.25) is 0 Å². The summed E-state index contributed by atoms with van der Waals surface area (Å²) < 4.78 is 11.5. The van der Waals surface area contributed by atoms with E-state index >= 15 is 0 Å². The highest BCUT2D eigenvalue weighted by Crippen LogP contribution is 2.43. The van der Waals surface area contributed by atoms with E-state index in [4.69, 9.17) is 14.6 Å². The van der Waals surface area contributed by atoms with E-state index in [1.54, 1.807) is 4.90 Å². The van der Waals surface area contributed by atoms with E-state index in [-0.39, 0.29) is 18.9 Å². The van der Waals surface area contributed by atoms with Crippen molar-refractivity contribution < 1.29 is 24.2 Å². The van der Waals surface area contributed by atoms with Gasteiger partial charge < -0.3 is 19.5 Å². The molecule has 0 bridgehead atoms. The number of benzene rings is 1. The Morgan fingerprint density at radius 1 is 1.23 bits per heavy atom. The maximum Gasteiger partial charge on any atom is 0.306 e. The maximum atomic E-state index is 12.3. The first-order valence-electron chi connectivity index (χ1n) is 8.69. The minimum Gasteiger partial charge on any atom is -0.484 e. The zero-order chi connectivity index (χ0) is 18.4. The van der Waals surface area contributed by atoms with Gasteiger partial charge in [0.1, 0.15) is 5.75 Å². The number of ether oxygens (including phenoxy) is 2. The quantitative estimate of drug-likeness (QED) is 0.791. The number of hydrogen-bond donors (Lipinski definition) is 1. The average molecular weight is 398 g/mol. The van der Waals surface area contributed by atoms with Gasteiger partial charge in [-0.1, -0.05) is 12.1 Å². The Labute approximate surface area is 161 Å². The second-order valence-corrected chi connectivity index (χ2v) is 8.94.